The van der Waals surface area contributed by atoms with Crippen LogP contribution in [0, 0.1) is 5.41 Å². The minimum atomic E-state index is 0.213. The summed E-state index contributed by atoms with van der Waals surface area (Å²) in [6.45, 7) is 76.8. The second kappa shape index (κ2) is 65.8. The van der Waals surface area contributed by atoms with Crippen molar-refractivity contribution in [3.63, 3.8) is 0 Å². The van der Waals surface area contributed by atoms with Gasteiger partial charge >= 0.3 is 0 Å². The van der Waals surface area contributed by atoms with Crippen molar-refractivity contribution < 1.29 is 42.6 Å². The van der Waals surface area contributed by atoms with E-state index in [1.54, 1.807) is 6.92 Å². The zero-order chi connectivity index (χ0) is 80.7. The molecule has 0 saturated carbocycles. The Morgan fingerprint density at radius 3 is 1.17 bits per heavy atom. The monoisotopic (exact) mass is 1520 g/mol. The van der Waals surface area contributed by atoms with E-state index in [0.717, 1.165) is 191 Å². The molecule has 0 unspecified atom stereocenters. The summed E-state index contributed by atoms with van der Waals surface area (Å²) in [5.41, 5.74) is 11.5. The number of nitrogens with one attached hydrogen (secondary N) is 1. The lowest BCUT2D eigenvalue weighted by Crippen LogP contribution is -2.45. The van der Waals surface area contributed by atoms with Crippen molar-refractivity contribution >= 4 is 17.0 Å². The standard InChI is InChI=1S/C26H29NO.C10H20N2O.2C10H19NO.C9H17NO2.C9H17NO.C9H19NO.C7H14N2O/c1-4-25(21-11-7-5-8-12-21)26(22-13-9-6-10-14-22)23-15-17-24(18-16-23)28-20-19-27(2)3;1-10(2)13-9-8-12-6-4-11(3)5-7-12;1-10(2)12-9-5-8-11-6-3-4-7-11;1-10(2)12-9-8-11-6-4-3-5-7-11;1-9(2)12-8-5-10-3-6-11-7-4-10;1-9(2)11-8-7-10-5-3-4-6-10;1-5-10(6-2)7-8-11-9(3)4;1-6(2)10-5-3-4-7(8)9/h5-18H,4,19-20H2,1-3H3;1,4-9H2,2-3H3;2*1,3-9H2,2H3;1,3-8H2,2H3;1,3-8H2,2H3;3,5-8H2,1-2,4H3;1,3-5H2,2H3,(H3,8,9)/b26-25-;;;;;;;. The summed E-state index contributed by atoms with van der Waals surface area (Å²) in [5, 5.41) is 6.88. The van der Waals surface area contributed by atoms with Crippen LogP contribution in [-0.4, -0.2) is 270 Å². The van der Waals surface area contributed by atoms with Crippen molar-refractivity contribution in [2.45, 2.75) is 140 Å². The lowest BCUT2D eigenvalue weighted by Gasteiger charge is -2.32. The number of rotatable bonds is 40. The topological polar surface area (TPSA) is 159 Å². The molecule has 5 saturated heterocycles. The van der Waals surface area contributed by atoms with Crippen LogP contribution in [0.4, 0.5) is 0 Å². The quantitative estimate of drug-likeness (QED) is 0.0182. The number of morpholine rings is 1. The summed E-state index contributed by atoms with van der Waals surface area (Å²) in [6, 6.07) is 29.8. The zero-order valence-corrected chi connectivity index (χ0v) is 71.1. The van der Waals surface area contributed by atoms with Crippen LogP contribution in [0.2, 0.25) is 0 Å². The summed E-state index contributed by atoms with van der Waals surface area (Å²) >= 11 is 0. The van der Waals surface area contributed by atoms with Gasteiger partial charge in [0, 0.05) is 91.5 Å². The third kappa shape index (κ3) is 57.8. The van der Waals surface area contributed by atoms with Crippen molar-refractivity contribution in [1.29, 1.82) is 5.41 Å². The number of allylic oxidation sites excluding steroid dienone is 8. The second-order valence-corrected chi connectivity index (χ2v) is 28.6. The van der Waals surface area contributed by atoms with Gasteiger partial charge in [-0.25, -0.2) is 0 Å². The van der Waals surface area contributed by atoms with Crippen LogP contribution in [0.25, 0.3) is 11.1 Å². The van der Waals surface area contributed by atoms with Crippen LogP contribution in [0.3, 0.4) is 0 Å². The van der Waals surface area contributed by atoms with Crippen molar-refractivity contribution in [2.24, 2.45) is 5.73 Å². The molecule has 0 bridgehead atoms. The molecular formula is C90H154N10O9. The van der Waals surface area contributed by atoms with E-state index in [1.165, 1.54) is 132 Å². The highest BCUT2D eigenvalue weighted by Gasteiger charge is 2.17. The summed E-state index contributed by atoms with van der Waals surface area (Å²) in [4.78, 5) is 19.0. The molecule has 3 aromatic rings. The van der Waals surface area contributed by atoms with E-state index < -0.39 is 0 Å². The van der Waals surface area contributed by atoms with E-state index in [9.17, 15) is 0 Å². The fraction of sp³-hybridized carbons (Fsp3) is 0.611. The van der Waals surface area contributed by atoms with Crippen molar-refractivity contribution in [3.05, 3.63) is 188 Å². The number of hydrogen-bond acceptors (Lipinski definition) is 18. The highest BCUT2D eigenvalue weighted by molar-refractivity contribution is 5.98. The largest absolute Gasteiger partial charge is 0.499 e. The Bertz CT molecular complexity index is 2790. The molecule has 0 aliphatic carbocycles. The number of benzene rings is 3. The molecule has 8 rings (SSSR count). The number of likely N-dealkylation sites (N-methyl/N-ethyl adjacent to an activating group) is 3. The molecular weight excluding hydrogens is 1370 g/mol. The molecule has 0 atom stereocenters. The molecule has 109 heavy (non-hydrogen) atoms. The van der Waals surface area contributed by atoms with Gasteiger partial charge in [0.05, 0.1) is 72.6 Å². The fourth-order valence-electron chi connectivity index (χ4n) is 11.8. The van der Waals surface area contributed by atoms with E-state index in [0.29, 0.717) is 25.4 Å². The SMILES string of the molecule is C=C(C)OCCCC(=N)N.C=C(C)OCCCN1CCCC1.C=C(C)OCCN(CC)CC.C=C(C)OCCN1CCCC1.C=C(C)OCCN1CCCCC1.C=C(C)OCCN1CCN(C)CC1.C=C(C)OCCN1CCOCC1.CC/C(=C(\c1ccccc1)c1ccc(OCCN(C)C)cc1)c1ccccc1. The van der Waals surface area contributed by atoms with Crippen LogP contribution in [-0.2, 0) is 37.9 Å². The number of likely N-dealkylation sites (tertiary alicyclic amines) is 3. The van der Waals surface area contributed by atoms with E-state index >= 15 is 0 Å². The predicted molar refractivity (Wildman–Crippen MR) is 461 cm³/mol. The Morgan fingerprint density at radius 2 is 0.771 bits per heavy atom. The molecule has 5 fully saturated rings. The fourth-order valence-corrected chi connectivity index (χ4v) is 11.8. The first-order valence-electron chi connectivity index (χ1n) is 40.5. The molecule has 0 radical (unpaired) electrons. The number of nitrogens with zero attached hydrogens (tertiary/aromatic N) is 8. The Morgan fingerprint density at radius 1 is 0.413 bits per heavy atom. The summed E-state index contributed by atoms with van der Waals surface area (Å²) in [7, 11) is 6.28. The normalized spacial score (nSPS) is 15.4. The molecule has 5 aliphatic rings. The van der Waals surface area contributed by atoms with Crippen LogP contribution >= 0.6 is 0 Å². The third-order valence-electron chi connectivity index (χ3n) is 17.9. The van der Waals surface area contributed by atoms with E-state index in [-0.39, 0.29) is 5.84 Å². The molecule has 19 nitrogen and oxygen atoms in total. The van der Waals surface area contributed by atoms with E-state index in [1.807, 2.05) is 41.5 Å². The van der Waals surface area contributed by atoms with Gasteiger partial charge in [-0.1, -0.05) is 146 Å². The first-order chi connectivity index (χ1) is 52.3. The van der Waals surface area contributed by atoms with Gasteiger partial charge in [0.2, 0.25) is 0 Å². The van der Waals surface area contributed by atoms with Crippen molar-refractivity contribution in [1.82, 2.24) is 39.2 Å². The zero-order valence-electron chi connectivity index (χ0n) is 71.1. The number of piperidine rings is 1. The maximum atomic E-state index is 6.88. The molecule has 5 heterocycles. The summed E-state index contributed by atoms with van der Waals surface area (Å²) < 4.78 is 47.8. The summed E-state index contributed by atoms with van der Waals surface area (Å²) in [6.07, 6.45) is 13.1. The van der Waals surface area contributed by atoms with Crippen LogP contribution in [0.5, 0.6) is 5.75 Å². The van der Waals surface area contributed by atoms with Crippen LogP contribution in [0.15, 0.2) is 171 Å². The maximum Gasteiger partial charge on any atom is 0.119 e. The van der Waals surface area contributed by atoms with Crippen LogP contribution < -0.4 is 10.5 Å². The lowest BCUT2D eigenvalue weighted by molar-refractivity contribution is 0.0277. The molecule has 0 spiro atoms. The van der Waals surface area contributed by atoms with E-state index in [2.05, 4.69) is 212 Å². The van der Waals surface area contributed by atoms with Gasteiger partial charge in [-0.15, -0.1) is 0 Å². The number of ether oxygens (including phenoxy) is 9. The average Bonchev–Trinajstić information content (AvgIpc) is 0.995. The molecule has 19 heteroatoms. The lowest BCUT2D eigenvalue weighted by atomic mass is 9.88. The third-order valence-corrected chi connectivity index (χ3v) is 17.9. The highest BCUT2D eigenvalue weighted by Crippen LogP contribution is 2.35. The van der Waals surface area contributed by atoms with Gasteiger partial charge in [-0.3, -0.25) is 25.0 Å². The highest BCUT2D eigenvalue weighted by atomic mass is 16.5. The van der Waals surface area contributed by atoms with Gasteiger partial charge in [-0.05, 0) is 220 Å². The number of piperazine rings is 1. The Labute approximate surface area is 664 Å². The van der Waals surface area contributed by atoms with Gasteiger partial charge in [0.15, 0.2) is 0 Å². The Balaban J connectivity index is 0.000000644. The number of hydrogen-bond donors (Lipinski definition) is 2. The molecule has 0 aromatic heterocycles. The second-order valence-electron chi connectivity index (χ2n) is 28.6. The number of amidine groups is 1. The minimum Gasteiger partial charge on any atom is -0.499 e. The molecule has 3 N–H and O–H groups in total. The average molecular weight is 1520 g/mol. The summed E-state index contributed by atoms with van der Waals surface area (Å²) in [5.74, 6) is 6.73. The van der Waals surface area contributed by atoms with E-state index in [4.69, 9.17) is 53.8 Å². The Kier molecular flexibility index (Phi) is 60.4. The first-order valence-corrected chi connectivity index (χ1v) is 40.5. The van der Waals surface area contributed by atoms with Crippen molar-refractivity contribution in [3.8, 4) is 5.75 Å². The van der Waals surface area contributed by atoms with Crippen LogP contribution in [0.1, 0.15) is 157 Å². The molecule has 0 amide bonds. The first kappa shape index (κ1) is 100. The smallest absolute Gasteiger partial charge is 0.119 e. The maximum absolute atomic E-state index is 6.88. The van der Waals surface area contributed by atoms with Gasteiger partial charge in [0.1, 0.15) is 45.4 Å². The van der Waals surface area contributed by atoms with Gasteiger partial charge in [-0.2, -0.15) is 0 Å². The predicted octanol–water partition coefficient (Wildman–Crippen LogP) is 16.5. The number of nitrogens with two attached hydrogens (primary N) is 1. The van der Waals surface area contributed by atoms with Gasteiger partial charge < -0.3 is 68.0 Å². The van der Waals surface area contributed by atoms with Gasteiger partial charge in [0.25, 0.3) is 0 Å². The Hall–Kier alpha value is -6.91. The minimum absolute atomic E-state index is 0.213. The van der Waals surface area contributed by atoms with Crippen molar-refractivity contribution in [2.75, 3.05) is 225 Å². The molecule has 618 valence electrons. The molecule has 3 aromatic carbocycles. The molecule has 5 aliphatic heterocycles.